The van der Waals surface area contributed by atoms with Gasteiger partial charge in [0.2, 0.25) is 6.33 Å². The van der Waals surface area contributed by atoms with Crippen LogP contribution in [0.15, 0.2) is 79.4 Å². The number of imidazole rings is 1. The topological polar surface area (TPSA) is 8.81 Å². The molecule has 0 spiro atoms. The van der Waals surface area contributed by atoms with Gasteiger partial charge in [-0.05, 0) is 43.2 Å². The summed E-state index contributed by atoms with van der Waals surface area (Å²) in [6, 6.07) is 23.0. The van der Waals surface area contributed by atoms with E-state index in [9.17, 15) is 0 Å². The van der Waals surface area contributed by atoms with E-state index in [1.165, 1.54) is 159 Å². The predicted octanol–water partition coefficient (Wildman–Crippen LogP) is 13.5. The lowest BCUT2D eigenvalue weighted by Crippen LogP contribution is -2.38. The molecule has 0 aliphatic carbocycles. The first-order valence-electron chi connectivity index (χ1n) is 20.3. The third kappa shape index (κ3) is 15.6. The fourth-order valence-corrected chi connectivity index (χ4v) is 7.74. The van der Waals surface area contributed by atoms with Gasteiger partial charge in [-0.2, -0.15) is 0 Å². The van der Waals surface area contributed by atoms with Gasteiger partial charge in [0.1, 0.15) is 18.4 Å². The lowest BCUT2D eigenvalue weighted by molar-refractivity contribution is -0.697. The van der Waals surface area contributed by atoms with Crippen molar-refractivity contribution in [1.29, 1.82) is 0 Å². The van der Waals surface area contributed by atoms with Crippen LogP contribution in [0.3, 0.4) is 0 Å². The summed E-state index contributed by atoms with van der Waals surface area (Å²) in [4.78, 5) is 0. The number of unbranched alkanes of at least 4 members (excludes halogenated alkanes) is 20. The van der Waals surface area contributed by atoms with Gasteiger partial charge in [0.15, 0.2) is 0 Å². The zero-order valence-corrected chi connectivity index (χ0v) is 31.2. The first-order valence-corrected chi connectivity index (χ1v) is 20.3. The maximum atomic E-state index is 2.58. The Kier molecular flexibility index (Phi) is 20.6. The summed E-state index contributed by atoms with van der Waals surface area (Å²) in [5.74, 6) is 0. The Hall–Kier alpha value is -2.35. The molecule has 2 unspecified atom stereocenters. The van der Waals surface area contributed by atoms with Crippen LogP contribution in [-0.4, -0.2) is 4.57 Å². The average Bonchev–Trinajstić information content (AvgIpc) is 3.56. The molecule has 2 atom stereocenters. The maximum Gasteiger partial charge on any atom is 0.244 e. The molecule has 0 radical (unpaired) electrons. The minimum atomic E-state index is 0.00905. The third-order valence-corrected chi connectivity index (χ3v) is 10.8. The van der Waals surface area contributed by atoms with Gasteiger partial charge in [0, 0.05) is 5.41 Å². The van der Waals surface area contributed by atoms with Crippen molar-refractivity contribution in [3.63, 3.8) is 0 Å². The summed E-state index contributed by atoms with van der Waals surface area (Å²) >= 11 is 0. The molecule has 2 aromatic carbocycles. The highest BCUT2D eigenvalue weighted by Gasteiger charge is 2.40. The van der Waals surface area contributed by atoms with Crippen LogP contribution in [0.1, 0.15) is 186 Å². The Morgan fingerprint density at radius 2 is 1.00 bits per heavy atom. The molecule has 0 aliphatic rings. The summed E-state index contributed by atoms with van der Waals surface area (Å²) in [6.07, 6.45) is 40.2. The largest absolute Gasteiger partial charge is 0.244 e. The molecule has 0 fully saturated rings. The number of benzene rings is 2. The van der Waals surface area contributed by atoms with E-state index >= 15 is 0 Å². The van der Waals surface area contributed by atoms with Crippen molar-refractivity contribution in [3.8, 4) is 0 Å². The molecule has 3 aromatic rings. The summed E-state index contributed by atoms with van der Waals surface area (Å²) in [7, 11) is 0. The van der Waals surface area contributed by atoms with Crippen molar-refractivity contribution in [2.45, 2.75) is 193 Å². The van der Waals surface area contributed by atoms with Gasteiger partial charge < -0.3 is 0 Å². The lowest BCUT2D eigenvalue weighted by atomic mass is 9.70. The first kappa shape index (κ1) is 39.1. The molecular formula is C45H73N2+. The monoisotopic (exact) mass is 642 g/mol. The van der Waals surface area contributed by atoms with Crippen LogP contribution in [0.2, 0.25) is 0 Å². The van der Waals surface area contributed by atoms with E-state index in [1.54, 1.807) is 0 Å². The number of hydrogen-bond acceptors (Lipinski definition) is 0. The van der Waals surface area contributed by atoms with Gasteiger partial charge in [0.25, 0.3) is 0 Å². The highest BCUT2D eigenvalue weighted by atomic mass is 15.1. The zero-order chi connectivity index (χ0) is 33.3. The molecule has 1 aromatic heterocycles. The van der Waals surface area contributed by atoms with Crippen molar-refractivity contribution < 1.29 is 4.57 Å². The molecule has 1 heterocycles. The molecule has 2 heteroatoms. The maximum absolute atomic E-state index is 2.58. The summed E-state index contributed by atoms with van der Waals surface area (Å²) in [6.45, 7) is 8.27. The molecule has 0 amide bonds. The molecule has 0 saturated carbocycles. The average molecular weight is 642 g/mol. The molecule has 0 aliphatic heterocycles. The minimum absolute atomic E-state index is 0.00905. The van der Waals surface area contributed by atoms with Crippen LogP contribution in [0, 0.1) is 0 Å². The second-order valence-electron chi connectivity index (χ2n) is 14.9. The van der Waals surface area contributed by atoms with Crippen molar-refractivity contribution in [1.82, 2.24) is 4.57 Å². The Balaban J connectivity index is 1.52. The number of aromatic nitrogens is 2. The van der Waals surface area contributed by atoms with Crippen molar-refractivity contribution >= 4 is 0 Å². The normalized spacial score (nSPS) is 13.5. The smallest absolute Gasteiger partial charge is 0.237 e. The predicted molar refractivity (Wildman–Crippen MR) is 205 cm³/mol. The van der Waals surface area contributed by atoms with Crippen LogP contribution < -0.4 is 4.57 Å². The SMILES string of the molecule is CCCCCCCCCCCCCCCCCCC(n1cc[n+](CCCCCCCC)c1)C(C)(Cc1ccccc1)c1ccccc1. The highest BCUT2D eigenvalue weighted by molar-refractivity contribution is 5.30. The van der Waals surface area contributed by atoms with E-state index in [-0.39, 0.29) is 5.41 Å². The minimum Gasteiger partial charge on any atom is -0.237 e. The molecule has 262 valence electrons. The quantitative estimate of drug-likeness (QED) is 0.0527. The lowest BCUT2D eigenvalue weighted by Gasteiger charge is -2.37. The van der Waals surface area contributed by atoms with Gasteiger partial charge >= 0.3 is 0 Å². The molecule has 0 bridgehead atoms. The Bertz CT molecular complexity index is 1120. The van der Waals surface area contributed by atoms with E-state index in [4.69, 9.17) is 0 Å². The van der Waals surface area contributed by atoms with Crippen LogP contribution in [0.4, 0.5) is 0 Å². The molecule has 2 nitrogen and oxygen atoms in total. The van der Waals surface area contributed by atoms with Gasteiger partial charge in [-0.25, -0.2) is 9.13 Å². The van der Waals surface area contributed by atoms with Gasteiger partial charge in [-0.3, -0.25) is 0 Å². The molecular weight excluding hydrogens is 569 g/mol. The summed E-state index contributed by atoms with van der Waals surface area (Å²) in [5, 5.41) is 0. The third-order valence-electron chi connectivity index (χ3n) is 10.8. The van der Waals surface area contributed by atoms with Crippen LogP contribution in [-0.2, 0) is 18.4 Å². The first-order chi connectivity index (χ1) is 23.2. The summed E-state index contributed by atoms with van der Waals surface area (Å²) in [5.41, 5.74) is 2.90. The number of nitrogens with zero attached hydrogens (tertiary/aromatic N) is 2. The number of aryl methyl sites for hydroxylation is 1. The second-order valence-corrected chi connectivity index (χ2v) is 14.9. The molecule has 0 N–H and O–H groups in total. The Morgan fingerprint density at radius 1 is 0.553 bits per heavy atom. The van der Waals surface area contributed by atoms with Crippen LogP contribution in [0.5, 0.6) is 0 Å². The van der Waals surface area contributed by atoms with Gasteiger partial charge in [-0.1, -0.05) is 203 Å². The highest BCUT2D eigenvalue weighted by Crippen LogP contribution is 2.41. The Labute approximate surface area is 291 Å². The van der Waals surface area contributed by atoms with Crippen LogP contribution in [0.25, 0.3) is 0 Å². The van der Waals surface area contributed by atoms with Crippen molar-refractivity contribution in [2.24, 2.45) is 0 Å². The summed E-state index contributed by atoms with van der Waals surface area (Å²) < 4.78 is 5.03. The fraction of sp³-hybridized carbons (Fsp3) is 0.667. The van der Waals surface area contributed by atoms with Crippen molar-refractivity contribution in [2.75, 3.05) is 0 Å². The molecule has 47 heavy (non-hydrogen) atoms. The van der Waals surface area contributed by atoms with Crippen molar-refractivity contribution in [3.05, 3.63) is 90.5 Å². The van der Waals surface area contributed by atoms with E-state index in [1.807, 2.05) is 0 Å². The molecule has 3 rings (SSSR count). The van der Waals surface area contributed by atoms with E-state index in [0.29, 0.717) is 6.04 Å². The fourth-order valence-electron chi connectivity index (χ4n) is 7.74. The van der Waals surface area contributed by atoms with Gasteiger partial charge in [-0.15, -0.1) is 0 Å². The molecule has 0 saturated heterocycles. The Morgan fingerprint density at radius 3 is 1.51 bits per heavy atom. The van der Waals surface area contributed by atoms with Gasteiger partial charge in [0.05, 0.1) is 6.54 Å². The van der Waals surface area contributed by atoms with E-state index < -0.39 is 0 Å². The number of rotatable bonds is 29. The van der Waals surface area contributed by atoms with Crippen LogP contribution >= 0.6 is 0 Å². The standard InChI is InChI=1S/C45H73N2/c1-4-6-8-10-12-13-14-15-16-17-18-19-20-21-22-30-36-44(47-39-38-46(41-47)37-31-23-11-9-7-5-2)45(3,43-34-28-25-29-35-43)40-42-32-26-24-27-33-42/h24-29,32-35,38-39,41,44H,4-23,30-31,36-37,40H2,1-3H3/q+1. The second kappa shape index (κ2) is 24.7. The van der Waals surface area contributed by atoms with E-state index in [2.05, 4.69) is 109 Å². The van der Waals surface area contributed by atoms with E-state index in [0.717, 1.165) is 13.0 Å². The number of hydrogen-bond donors (Lipinski definition) is 0. The zero-order valence-electron chi connectivity index (χ0n) is 31.2.